The van der Waals surface area contributed by atoms with Crippen molar-refractivity contribution in [3.63, 3.8) is 0 Å². The van der Waals surface area contributed by atoms with Gasteiger partial charge in [-0.3, -0.25) is 4.79 Å². The van der Waals surface area contributed by atoms with E-state index in [-0.39, 0.29) is 5.91 Å². The van der Waals surface area contributed by atoms with Crippen molar-refractivity contribution in [1.82, 2.24) is 4.90 Å². The van der Waals surface area contributed by atoms with Crippen molar-refractivity contribution < 1.29 is 14.3 Å². The quantitative estimate of drug-likeness (QED) is 0.743. The van der Waals surface area contributed by atoms with E-state index in [1.165, 1.54) is 0 Å². The zero-order chi connectivity index (χ0) is 12.3. The van der Waals surface area contributed by atoms with Gasteiger partial charge in [-0.2, -0.15) is 0 Å². The molecule has 1 aromatic heterocycles. The first kappa shape index (κ1) is 10.1. The monoisotopic (exact) mass is 243 g/mol. The molecule has 1 aromatic rings. The molecule has 92 valence electrons. The first-order chi connectivity index (χ1) is 8.72. The van der Waals surface area contributed by atoms with Gasteiger partial charge in [0.2, 0.25) is 5.91 Å². The summed E-state index contributed by atoms with van der Waals surface area (Å²) in [6.07, 6.45) is 7.73. The van der Waals surface area contributed by atoms with Gasteiger partial charge in [-0.05, 0) is 11.6 Å². The van der Waals surface area contributed by atoms with Crippen molar-refractivity contribution in [3.8, 4) is 0 Å². The second-order valence-electron chi connectivity index (χ2n) is 5.09. The lowest BCUT2D eigenvalue weighted by Gasteiger charge is -2.45. The van der Waals surface area contributed by atoms with E-state index in [2.05, 4.69) is 0 Å². The molecule has 0 bridgehead atoms. The SMILES string of the molecule is O=C1C=C2C=C[C@@H](O)C[C@@]23c2ccoc2CCN13. The van der Waals surface area contributed by atoms with Crippen molar-refractivity contribution in [2.24, 2.45) is 0 Å². The second-order valence-corrected chi connectivity index (χ2v) is 5.09. The first-order valence-corrected chi connectivity index (χ1v) is 6.19. The van der Waals surface area contributed by atoms with Gasteiger partial charge in [-0.25, -0.2) is 0 Å². The molecule has 0 saturated heterocycles. The van der Waals surface area contributed by atoms with Crippen LogP contribution in [-0.4, -0.2) is 28.6 Å². The average Bonchev–Trinajstić information content (AvgIpc) is 2.91. The largest absolute Gasteiger partial charge is 0.469 e. The molecule has 4 rings (SSSR count). The van der Waals surface area contributed by atoms with Crippen LogP contribution in [0.3, 0.4) is 0 Å². The van der Waals surface area contributed by atoms with Gasteiger partial charge in [-0.1, -0.05) is 12.2 Å². The van der Waals surface area contributed by atoms with Gasteiger partial charge in [0.25, 0.3) is 0 Å². The Morgan fingerprint density at radius 1 is 1.50 bits per heavy atom. The summed E-state index contributed by atoms with van der Waals surface area (Å²) in [6.45, 7) is 0.653. The maximum Gasteiger partial charge on any atom is 0.247 e. The summed E-state index contributed by atoms with van der Waals surface area (Å²) in [6, 6.07) is 1.93. The van der Waals surface area contributed by atoms with E-state index in [0.717, 1.165) is 23.3 Å². The lowest BCUT2D eigenvalue weighted by molar-refractivity contribution is -0.130. The molecule has 2 aliphatic heterocycles. The molecule has 0 radical (unpaired) electrons. The Morgan fingerprint density at radius 3 is 3.28 bits per heavy atom. The van der Waals surface area contributed by atoms with E-state index in [0.29, 0.717) is 13.0 Å². The summed E-state index contributed by atoms with van der Waals surface area (Å²) < 4.78 is 5.51. The van der Waals surface area contributed by atoms with Crippen LogP contribution in [0.2, 0.25) is 0 Å². The maximum absolute atomic E-state index is 12.1. The van der Waals surface area contributed by atoms with Gasteiger partial charge >= 0.3 is 0 Å². The predicted molar refractivity (Wildman–Crippen MR) is 63.6 cm³/mol. The lowest BCUT2D eigenvalue weighted by Crippen LogP contribution is -2.52. The number of amides is 1. The zero-order valence-corrected chi connectivity index (χ0v) is 9.80. The van der Waals surface area contributed by atoms with Gasteiger partial charge in [0.05, 0.1) is 17.9 Å². The number of rotatable bonds is 0. The van der Waals surface area contributed by atoms with Gasteiger partial charge in [0.15, 0.2) is 0 Å². The Balaban J connectivity index is 1.99. The van der Waals surface area contributed by atoms with Crippen LogP contribution >= 0.6 is 0 Å². The van der Waals surface area contributed by atoms with Crippen molar-refractivity contribution in [3.05, 3.63) is 47.5 Å². The Labute approximate surface area is 104 Å². The highest BCUT2D eigenvalue weighted by atomic mass is 16.3. The first-order valence-electron chi connectivity index (χ1n) is 6.19. The summed E-state index contributed by atoms with van der Waals surface area (Å²) in [5.74, 6) is 0.977. The van der Waals surface area contributed by atoms with Crippen molar-refractivity contribution >= 4 is 5.91 Å². The van der Waals surface area contributed by atoms with Crippen LogP contribution in [0.15, 0.2) is 40.5 Å². The molecule has 1 spiro atoms. The number of carbonyl (C=O) groups excluding carboxylic acids is 1. The maximum atomic E-state index is 12.1. The molecule has 0 unspecified atom stereocenters. The van der Waals surface area contributed by atoms with Crippen LogP contribution in [-0.2, 0) is 16.8 Å². The Morgan fingerprint density at radius 2 is 2.39 bits per heavy atom. The molecule has 1 aliphatic carbocycles. The number of fused-ring (bicyclic) bond motifs is 1. The number of furan rings is 1. The smallest absolute Gasteiger partial charge is 0.247 e. The summed E-state index contributed by atoms with van der Waals surface area (Å²) in [7, 11) is 0. The molecule has 1 N–H and O–H groups in total. The molecular formula is C14H13NO3. The van der Waals surface area contributed by atoms with Crippen LogP contribution in [0.1, 0.15) is 17.7 Å². The highest BCUT2D eigenvalue weighted by Crippen LogP contribution is 2.50. The van der Waals surface area contributed by atoms with Gasteiger partial charge in [0, 0.05) is 31.0 Å². The second kappa shape index (κ2) is 3.14. The third-order valence-corrected chi connectivity index (χ3v) is 4.24. The minimum absolute atomic E-state index is 0.0376. The molecule has 3 heterocycles. The lowest BCUT2D eigenvalue weighted by atomic mass is 9.73. The molecule has 4 heteroatoms. The molecule has 18 heavy (non-hydrogen) atoms. The summed E-state index contributed by atoms with van der Waals surface area (Å²) in [5.41, 5.74) is 1.51. The number of aliphatic hydroxyl groups excluding tert-OH is 1. The van der Waals surface area contributed by atoms with Crippen molar-refractivity contribution in [1.29, 1.82) is 0 Å². The third kappa shape index (κ3) is 1.02. The summed E-state index contributed by atoms with van der Waals surface area (Å²) >= 11 is 0. The highest BCUT2D eigenvalue weighted by molar-refractivity contribution is 5.94. The number of carbonyl (C=O) groups is 1. The van der Waals surface area contributed by atoms with E-state index in [1.54, 1.807) is 18.4 Å². The Hall–Kier alpha value is -1.81. The average molecular weight is 243 g/mol. The fourth-order valence-corrected chi connectivity index (χ4v) is 3.50. The number of nitrogens with zero attached hydrogens (tertiary/aromatic N) is 1. The minimum atomic E-state index is -0.517. The number of hydrogen-bond donors (Lipinski definition) is 1. The molecule has 3 aliphatic rings. The predicted octanol–water partition coefficient (Wildman–Crippen LogP) is 1.12. The van der Waals surface area contributed by atoms with E-state index in [9.17, 15) is 9.90 Å². The molecule has 0 aromatic carbocycles. The van der Waals surface area contributed by atoms with Crippen molar-refractivity contribution in [2.75, 3.05) is 6.54 Å². The topological polar surface area (TPSA) is 53.7 Å². The Kier molecular flexibility index (Phi) is 1.77. The molecule has 0 saturated carbocycles. The molecule has 2 atom stereocenters. The fraction of sp³-hybridized carbons (Fsp3) is 0.357. The fourth-order valence-electron chi connectivity index (χ4n) is 3.50. The third-order valence-electron chi connectivity index (χ3n) is 4.24. The van der Waals surface area contributed by atoms with Crippen LogP contribution in [0, 0.1) is 0 Å². The standard InChI is InChI=1S/C14H13NO3/c16-10-2-1-9-7-13(17)15-5-3-12-11(4-6-18-12)14(9,15)8-10/h1-2,4,6-7,10,16H,3,5,8H2/t10-,14+/m1/s1. The van der Waals surface area contributed by atoms with Gasteiger partial charge in [-0.15, -0.1) is 0 Å². The van der Waals surface area contributed by atoms with E-state index in [4.69, 9.17) is 4.42 Å². The minimum Gasteiger partial charge on any atom is -0.469 e. The summed E-state index contributed by atoms with van der Waals surface area (Å²) in [5, 5.41) is 9.96. The van der Waals surface area contributed by atoms with Crippen molar-refractivity contribution in [2.45, 2.75) is 24.5 Å². The highest BCUT2D eigenvalue weighted by Gasteiger charge is 2.53. The normalized spacial score (nSPS) is 32.9. The van der Waals surface area contributed by atoms with E-state index in [1.807, 2.05) is 17.0 Å². The Bertz CT molecular complexity index is 598. The van der Waals surface area contributed by atoms with Crippen LogP contribution in [0.5, 0.6) is 0 Å². The molecule has 1 amide bonds. The number of hydrogen-bond acceptors (Lipinski definition) is 3. The zero-order valence-electron chi connectivity index (χ0n) is 9.80. The van der Waals surface area contributed by atoms with Crippen LogP contribution in [0.25, 0.3) is 0 Å². The molecular weight excluding hydrogens is 230 g/mol. The molecule has 4 nitrogen and oxygen atoms in total. The number of aliphatic hydroxyl groups is 1. The van der Waals surface area contributed by atoms with Gasteiger partial charge in [0.1, 0.15) is 5.76 Å². The van der Waals surface area contributed by atoms with E-state index >= 15 is 0 Å². The summed E-state index contributed by atoms with van der Waals surface area (Å²) in [4.78, 5) is 14.0. The van der Waals surface area contributed by atoms with Crippen LogP contribution in [0.4, 0.5) is 0 Å². The molecule has 0 fully saturated rings. The van der Waals surface area contributed by atoms with E-state index < -0.39 is 11.6 Å². The van der Waals surface area contributed by atoms with Gasteiger partial charge < -0.3 is 14.4 Å². The van der Waals surface area contributed by atoms with Crippen LogP contribution < -0.4 is 0 Å².